The van der Waals surface area contributed by atoms with E-state index in [0.717, 1.165) is 34.9 Å². The molecule has 176 valence electrons. The predicted octanol–water partition coefficient (Wildman–Crippen LogP) is 5.21. The van der Waals surface area contributed by atoms with Gasteiger partial charge in [-0.05, 0) is 42.8 Å². The molecule has 0 bridgehead atoms. The van der Waals surface area contributed by atoms with Gasteiger partial charge in [-0.3, -0.25) is 4.79 Å². The van der Waals surface area contributed by atoms with Crippen molar-refractivity contribution in [2.75, 3.05) is 13.1 Å². The molecule has 0 saturated heterocycles. The number of carbonyl (C=O) groups is 1. The number of para-hydroxylation sites is 2. The SMILES string of the molecule is O=C(/C=C/c1cn(C[C@@H](O)CNCCc2c[nH]c3ccccc23)c2ccccc12)c1ccccc1. The standard InChI is InChI=1S/C30H29N3O2/c34-25(19-31-17-16-23-18-32-28-12-6-4-10-26(23)28)21-33-20-24(27-11-5-7-13-29(27)33)14-15-30(35)22-8-2-1-3-9-22/h1-15,18,20,25,31-32,34H,16-17,19,21H2/b15-14+/t25-/m0/s1. The summed E-state index contributed by atoms with van der Waals surface area (Å²) in [5.41, 5.74) is 5.10. The Labute approximate surface area is 204 Å². The predicted molar refractivity (Wildman–Crippen MR) is 143 cm³/mol. The second-order valence-electron chi connectivity index (χ2n) is 8.79. The molecule has 0 aliphatic carbocycles. The molecule has 0 saturated carbocycles. The molecule has 0 unspecified atom stereocenters. The highest BCUT2D eigenvalue weighted by Crippen LogP contribution is 2.23. The first kappa shape index (κ1) is 22.8. The lowest BCUT2D eigenvalue weighted by atomic mass is 10.1. The van der Waals surface area contributed by atoms with Gasteiger partial charge in [-0.15, -0.1) is 0 Å². The number of allylic oxidation sites excluding steroid dienone is 1. The van der Waals surface area contributed by atoms with Crippen molar-refractivity contribution in [2.24, 2.45) is 0 Å². The van der Waals surface area contributed by atoms with Crippen molar-refractivity contribution >= 4 is 33.7 Å². The van der Waals surface area contributed by atoms with E-state index in [0.29, 0.717) is 18.7 Å². The molecule has 5 aromatic rings. The highest BCUT2D eigenvalue weighted by molar-refractivity contribution is 6.07. The van der Waals surface area contributed by atoms with Gasteiger partial charge in [-0.2, -0.15) is 0 Å². The molecule has 0 spiro atoms. The summed E-state index contributed by atoms with van der Waals surface area (Å²) >= 11 is 0. The van der Waals surface area contributed by atoms with Gasteiger partial charge in [0.2, 0.25) is 0 Å². The Morgan fingerprint density at radius 1 is 0.971 bits per heavy atom. The van der Waals surface area contributed by atoms with Crippen LogP contribution in [0, 0.1) is 0 Å². The third-order valence-electron chi connectivity index (χ3n) is 6.33. The number of nitrogens with zero attached hydrogens (tertiary/aromatic N) is 1. The second kappa shape index (κ2) is 10.6. The molecule has 3 N–H and O–H groups in total. The average molecular weight is 464 g/mol. The largest absolute Gasteiger partial charge is 0.390 e. The van der Waals surface area contributed by atoms with Crippen molar-refractivity contribution in [3.63, 3.8) is 0 Å². The molecule has 3 aromatic carbocycles. The van der Waals surface area contributed by atoms with Gasteiger partial charge < -0.3 is 20.0 Å². The fraction of sp³-hybridized carbons (Fsp3) is 0.167. The molecular weight excluding hydrogens is 434 g/mol. The van der Waals surface area contributed by atoms with Crippen LogP contribution in [0.3, 0.4) is 0 Å². The first-order valence-electron chi connectivity index (χ1n) is 12.0. The fourth-order valence-corrected chi connectivity index (χ4v) is 4.54. The highest BCUT2D eigenvalue weighted by atomic mass is 16.3. The van der Waals surface area contributed by atoms with Gasteiger partial charge in [0.1, 0.15) is 0 Å². The number of benzene rings is 3. The smallest absolute Gasteiger partial charge is 0.185 e. The molecule has 0 aliphatic heterocycles. The summed E-state index contributed by atoms with van der Waals surface area (Å²) in [6.07, 6.45) is 7.91. The number of aliphatic hydroxyl groups excluding tert-OH is 1. The van der Waals surface area contributed by atoms with E-state index in [1.807, 2.05) is 72.9 Å². The Bertz CT molecular complexity index is 1460. The van der Waals surface area contributed by atoms with Crippen molar-refractivity contribution in [3.8, 4) is 0 Å². The molecule has 0 radical (unpaired) electrons. The third kappa shape index (κ3) is 5.27. The lowest BCUT2D eigenvalue weighted by Crippen LogP contribution is -2.31. The van der Waals surface area contributed by atoms with Crippen LogP contribution in [0.2, 0.25) is 0 Å². The topological polar surface area (TPSA) is 70.1 Å². The average Bonchev–Trinajstić information content (AvgIpc) is 3.47. The van der Waals surface area contributed by atoms with E-state index in [9.17, 15) is 9.90 Å². The summed E-state index contributed by atoms with van der Waals surface area (Å²) < 4.78 is 2.06. The molecule has 5 nitrogen and oxygen atoms in total. The Hall–Kier alpha value is -3.93. The molecule has 5 rings (SSSR count). The molecule has 35 heavy (non-hydrogen) atoms. The highest BCUT2D eigenvalue weighted by Gasteiger charge is 2.11. The van der Waals surface area contributed by atoms with E-state index in [2.05, 4.69) is 39.3 Å². The van der Waals surface area contributed by atoms with Crippen LogP contribution >= 0.6 is 0 Å². The number of carbonyl (C=O) groups excluding carboxylic acids is 1. The number of nitrogens with one attached hydrogen (secondary N) is 2. The quantitative estimate of drug-likeness (QED) is 0.151. The van der Waals surface area contributed by atoms with E-state index in [-0.39, 0.29) is 5.78 Å². The number of aromatic amines is 1. The van der Waals surface area contributed by atoms with E-state index in [1.165, 1.54) is 10.9 Å². The molecular formula is C30H29N3O2. The number of aromatic nitrogens is 2. The zero-order valence-corrected chi connectivity index (χ0v) is 19.5. The summed E-state index contributed by atoms with van der Waals surface area (Å²) in [4.78, 5) is 15.8. The van der Waals surface area contributed by atoms with Crippen LogP contribution in [0.5, 0.6) is 0 Å². The van der Waals surface area contributed by atoms with Crippen LogP contribution in [0.25, 0.3) is 27.9 Å². The van der Waals surface area contributed by atoms with E-state index in [1.54, 1.807) is 6.08 Å². The number of rotatable bonds is 10. The molecule has 0 amide bonds. The minimum absolute atomic E-state index is 0.0260. The van der Waals surface area contributed by atoms with Crippen molar-refractivity contribution in [2.45, 2.75) is 19.1 Å². The Morgan fingerprint density at radius 3 is 2.57 bits per heavy atom. The number of H-pyrrole nitrogens is 1. The maximum atomic E-state index is 12.5. The van der Waals surface area contributed by atoms with E-state index in [4.69, 9.17) is 0 Å². The molecule has 2 heterocycles. The van der Waals surface area contributed by atoms with E-state index >= 15 is 0 Å². The Morgan fingerprint density at radius 2 is 1.71 bits per heavy atom. The van der Waals surface area contributed by atoms with Crippen molar-refractivity contribution in [1.29, 1.82) is 0 Å². The lowest BCUT2D eigenvalue weighted by Gasteiger charge is -2.13. The summed E-state index contributed by atoms with van der Waals surface area (Å²) in [5.74, 6) is -0.0260. The van der Waals surface area contributed by atoms with Gasteiger partial charge in [-0.25, -0.2) is 0 Å². The molecule has 0 fully saturated rings. The first-order valence-corrected chi connectivity index (χ1v) is 12.0. The summed E-state index contributed by atoms with van der Waals surface area (Å²) in [5, 5.41) is 16.4. The Balaban J connectivity index is 1.21. The Kier molecular flexibility index (Phi) is 6.89. The van der Waals surface area contributed by atoms with Gasteiger partial charge in [0.25, 0.3) is 0 Å². The van der Waals surface area contributed by atoms with Crippen molar-refractivity contribution < 1.29 is 9.90 Å². The van der Waals surface area contributed by atoms with Crippen LogP contribution in [0.4, 0.5) is 0 Å². The van der Waals surface area contributed by atoms with E-state index < -0.39 is 6.10 Å². The monoisotopic (exact) mass is 463 g/mol. The molecule has 2 aromatic heterocycles. The van der Waals surface area contributed by atoms with Gasteiger partial charge in [-0.1, -0.05) is 66.7 Å². The maximum absolute atomic E-state index is 12.5. The second-order valence-corrected chi connectivity index (χ2v) is 8.79. The van der Waals surface area contributed by atoms with Crippen LogP contribution < -0.4 is 5.32 Å². The number of fused-ring (bicyclic) bond motifs is 2. The lowest BCUT2D eigenvalue weighted by molar-refractivity contribution is 0.104. The zero-order valence-electron chi connectivity index (χ0n) is 19.5. The fourth-order valence-electron chi connectivity index (χ4n) is 4.54. The van der Waals surface area contributed by atoms with Gasteiger partial charge >= 0.3 is 0 Å². The zero-order chi connectivity index (χ0) is 24.0. The summed E-state index contributed by atoms with van der Waals surface area (Å²) in [6.45, 7) is 1.77. The number of aliphatic hydroxyl groups is 1. The minimum Gasteiger partial charge on any atom is -0.390 e. The molecule has 5 heteroatoms. The number of ketones is 1. The van der Waals surface area contributed by atoms with Crippen molar-refractivity contribution in [1.82, 2.24) is 14.9 Å². The number of hydrogen-bond donors (Lipinski definition) is 3. The summed E-state index contributed by atoms with van der Waals surface area (Å²) in [6, 6.07) is 25.6. The van der Waals surface area contributed by atoms with Gasteiger partial charge in [0, 0.05) is 58.4 Å². The first-order chi connectivity index (χ1) is 17.2. The molecule has 1 atom stereocenters. The van der Waals surface area contributed by atoms with Crippen LogP contribution in [0.15, 0.2) is 97.3 Å². The third-order valence-corrected chi connectivity index (χ3v) is 6.33. The number of hydrogen-bond acceptors (Lipinski definition) is 3. The normalized spacial score (nSPS) is 12.6. The van der Waals surface area contributed by atoms with Crippen molar-refractivity contribution in [3.05, 3.63) is 114 Å². The summed E-state index contributed by atoms with van der Waals surface area (Å²) in [7, 11) is 0. The van der Waals surface area contributed by atoms with Crippen LogP contribution in [-0.2, 0) is 13.0 Å². The van der Waals surface area contributed by atoms with Gasteiger partial charge in [0.15, 0.2) is 5.78 Å². The van der Waals surface area contributed by atoms with Gasteiger partial charge in [0.05, 0.1) is 6.10 Å². The van der Waals surface area contributed by atoms with Crippen LogP contribution in [-0.4, -0.2) is 39.6 Å². The minimum atomic E-state index is -0.531. The molecule has 0 aliphatic rings. The maximum Gasteiger partial charge on any atom is 0.185 e. The van der Waals surface area contributed by atoms with Crippen LogP contribution in [0.1, 0.15) is 21.5 Å².